The Balaban J connectivity index is 1.85. The largest absolute Gasteiger partial charge is 0.497 e. The van der Waals surface area contributed by atoms with Gasteiger partial charge >= 0.3 is 0 Å². The van der Waals surface area contributed by atoms with Gasteiger partial charge < -0.3 is 14.2 Å². The minimum Gasteiger partial charge on any atom is -0.497 e. The van der Waals surface area contributed by atoms with E-state index in [9.17, 15) is 0 Å². The van der Waals surface area contributed by atoms with Crippen LogP contribution in [0.15, 0.2) is 95.5 Å². The molecule has 194 valence electrons. The minimum absolute atomic E-state index is 0.672. The molecule has 1 heterocycles. The molecule has 1 aromatic heterocycles. The summed E-state index contributed by atoms with van der Waals surface area (Å²) in [5.74, 6) is 2.16. The van der Waals surface area contributed by atoms with Gasteiger partial charge in [0, 0.05) is 35.3 Å². The molecule has 0 radical (unpaired) electrons. The summed E-state index contributed by atoms with van der Waals surface area (Å²) in [5.41, 5.74) is 6.09. The molecule has 0 fully saturated rings. The van der Waals surface area contributed by atoms with Crippen molar-refractivity contribution in [3.63, 3.8) is 0 Å². The Morgan fingerprint density at radius 1 is 0.718 bits per heavy atom. The second-order valence-electron chi connectivity index (χ2n) is 9.00. The van der Waals surface area contributed by atoms with Gasteiger partial charge in [0.1, 0.15) is 11.4 Å². The highest BCUT2D eigenvalue weighted by molar-refractivity contribution is 14.1. The predicted octanol–water partition coefficient (Wildman–Crippen LogP) is 8.91. The number of rotatable bonds is 6. The van der Waals surface area contributed by atoms with E-state index in [2.05, 4.69) is 99.2 Å². The van der Waals surface area contributed by atoms with E-state index >= 15 is 0 Å². The molecule has 0 atom stereocenters. The van der Waals surface area contributed by atoms with Crippen molar-refractivity contribution in [3.05, 3.63) is 99.0 Å². The molecular weight excluding hydrogens is 667 g/mol. The van der Waals surface area contributed by atoms with Crippen molar-refractivity contribution in [2.75, 3.05) is 21.3 Å². The third-order valence-corrected chi connectivity index (χ3v) is 8.52. The maximum atomic E-state index is 5.75. The van der Waals surface area contributed by atoms with Crippen LogP contribution in [0.5, 0.6) is 17.2 Å². The zero-order valence-corrected chi connectivity index (χ0v) is 25.3. The van der Waals surface area contributed by atoms with Crippen LogP contribution >= 0.6 is 38.5 Å². The van der Waals surface area contributed by atoms with Crippen molar-refractivity contribution in [2.45, 2.75) is 0 Å². The molecule has 0 saturated heterocycles. The highest BCUT2D eigenvalue weighted by Gasteiger charge is 2.25. The average Bonchev–Trinajstić information content (AvgIpc) is 3.38. The summed E-state index contributed by atoms with van der Waals surface area (Å²) in [6, 6.07) is 30.9. The summed E-state index contributed by atoms with van der Waals surface area (Å²) in [5, 5.41) is 8.43. The molecule has 0 aliphatic carbocycles. The van der Waals surface area contributed by atoms with Gasteiger partial charge in [-0.15, -0.1) is 0 Å². The molecule has 0 aliphatic rings. The van der Waals surface area contributed by atoms with E-state index in [0.717, 1.165) is 63.5 Å². The Bertz CT molecular complexity index is 1820. The summed E-state index contributed by atoms with van der Waals surface area (Å²) in [6.45, 7) is 0. The summed E-state index contributed by atoms with van der Waals surface area (Å²) >= 11 is 6.04. The van der Waals surface area contributed by atoms with Crippen LogP contribution in [0.4, 0.5) is 0 Å². The molecule has 7 heteroatoms. The number of methoxy groups -OCH3 is 3. The molecular formula is C32H24BrIN2O3. The second-order valence-corrected chi connectivity index (χ2v) is 11.0. The van der Waals surface area contributed by atoms with E-state index in [1.54, 1.807) is 21.3 Å². The molecule has 0 amide bonds. The van der Waals surface area contributed by atoms with E-state index in [4.69, 9.17) is 19.3 Å². The first-order valence-corrected chi connectivity index (χ1v) is 14.2. The van der Waals surface area contributed by atoms with Crippen molar-refractivity contribution in [1.82, 2.24) is 9.78 Å². The quantitative estimate of drug-likeness (QED) is 0.164. The molecule has 6 aromatic rings. The molecule has 0 spiro atoms. The van der Waals surface area contributed by atoms with Crippen LogP contribution in [-0.4, -0.2) is 31.1 Å². The fraction of sp³-hybridized carbons (Fsp3) is 0.0938. The van der Waals surface area contributed by atoms with Crippen LogP contribution in [0.2, 0.25) is 0 Å². The van der Waals surface area contributed by atoms with Gasteiger partial charge in [-0.3, -0.25) is 0 Å². The molecule has 0 aliphatic heterocycles. The molecule has 5 aromatic carbocycles. The number of ether oxygens (including phenoxy) is 3. The third-order valence-electron chi connectivity index (χ3n) is 6.87. The van der Waals surface area contributed by atoms with Gasteiger partial charge in [-0.05, 0) is 76.7 Å². The van der Waals surface area contributed by atoms with E-state index < -0.39 is 0 Å². The highest BCUT2D eigenvalue weighted by Crippen LogP contribution is 2.47. The fourth-order valence-corrected chi connectivity index (χ4v) is 6.29. The average molecular weight is 691 g/mol. The lowest BCUT2D eigenvalue weighted by Gasteiger charge is -2.16. The van der Waals surface area contributed by atoms with Crippen molar-refractivity contribution in [2.24, 2.45) is 0 Å². The second kappa shape index (κ2) is 10.5. The maximum Gasteiger partial charge on any atom is 0.161 e. The molecule has 6 rings (SSSR count). The maximum absolute atomic E-state index is 5.75. The van der Waals surface area contributed by atoms with Gasteiger partial charge in [-0.2, -0.15) is 5.10 Å². The molecule has 0 bridgehead atoms. The lowest BCUT2D eigenvalue weighted by Crippen LogP contribution is -1.99. The standard InChI is InChI=1S/C32H24BrIN2O3/c1-37-23-15-11-19(12-16-23)28-29-31(20-9-13-21(33)14-10-20)35-36(22-7-5-4-6-8-22)32(29)25-18-27(39-3)26(38-2)17-24(25)30(28)34/h4-18H,1-3H3. The molecule has 0 unspecified atom stereocenters. The summed E-state index contributed by atoms with van der Waals surface area (Å²) < 4.78 is 21.1. The monoisotopic (exact) mass is 690 g/mol. The third kappa shape index (κ3) is 4.43. The summed E-state index contributed by atoms with van der Waals surface area (Å²) in [7, 11) is 5.01. The molecule has 5 nitrogen and oxygen atoms in total. The Morgan fingerprint density at radius 3 is 1.95 bits per heavy atom. The zero-order chi connectivity index (χ0) is 27.1. The number of hydrogen-bond acceptors (Lipinski definition) is 4. The Labute approximate surface area is 248 Å². The van der Waals surface area contributed by atoms with Crippen LogP contribution in [0, 0.1) is 3.57 Å². The van der Waals surface area contributed by atoms with Gasteiger partial charge in [0.25, 0.3) is 0 Å². The van der Waals surface area contributed by atoms with Crippen molar-refractivity contribution < 1.29 is 14.2 Å². The summed E-state index contributed by atoms with van der Waals surface area (Å²) in [4.78, 5) is 0. The lowest BCUT2D eigenvalue weighted by atomic mass is 9.93. The van der Waals surface area contributed by atoms with E-state index in [1.807, 2.05) is 35.0 Å². The zero-order valence-electron chi connectivity index (χ0n) is 21.5. The molecule has 39 heavy (non-hydrogen) atoms. The van der Waals surface area contributed by atoms with Crippen molar-refractivity contribution in [1.29, 1.82) is 0 Å². The van der Waals surface area contributed by atoms with Gasteiger partial charge in [0.2, 0.25) is 0 Å². The van der Waals surface area contributed by atoms with E-state index in [-0.39, 0.29) is 0 Å². The first-order chi connectivity index (χ1) is 19.0. The van der Waals surface area contributed by atoms with Gasteiger partial charge in [0.05, 0.1) is 32.5 Å². The minimum atomic E-state index is 0.672. The topological polar surface area (TPSA) is 45.5 Å². The number of para-hydroxylation sites is 1. The van der Waals surface area contributed by atoms with E-state index in [1.165, 1.54) is 0 Å². The van der Waals surface area contributed by atoms with Crippen molar-refractivity contribution in [3.8, 4) is 45.3 Å². The SMILES string of the molecule is COc1ccc(-c2c(I)c3cc(OC)c(OC)cc3c3c2c(-c2ccc(Br)cc2)nn3-c2ccccc2)cc1. The number of halogens is 2. The first-order valence-electron chi connectivity index (χ1n) is 12.3. The Kier molecular flexibility index (Phi) is 6.95. The number of aromatic nitrogens is 2. The van der Waals surface area contributed by atoms with Gasteiger partial charge in [-0.25, -0.2) is 4.68 Å². The first kappa shape index (κ1) is 25.7. The number of hydrogen-bond donors (Lipinski definition) is 0. The summed E-state index contributed by atoms with van der Waals surface area (Å²) in [6.07, 6.45) is 0. The van der Waals surface area contributed by atoms with Crippen LogP contribution < -0.4 is 14.2 Å². The smallest absolute Gasteiger partial charge is 0.161 e. The fourth-order valence-electron chi connectivity index (χ4n) is 5.00. The molecule has 0 saturated carbocycles. The van der Waals surface area contributed by atoms with Crippen LogP contribution in [0.3, 0.4) is 0 Å². The highest BCUT2D eigenvalue weighted by atomic mass is 127. The number of benzene rings is 5. The Hall–Kier alpha value is -3.56. The van der Waals surface area contributed by atoms with Crippen LogP contribution in [0.25, 0.3) is 49.7 Å². The van der Waals surface area contributed by atoms with Crippen molar-refractivity contribution >= 4 is 60.2 Å². The van der Waals surface area contributed by atoms with Crippen LogP contribution in [-0.2, 0) is 0 Å². The molecule has 0 N–H and O–H groups in total. The van der Waals surface area contributed by atoms with Gasteiger partial charge in [-0.1, -0.05) is 58.4 Å². The van der Waals surface area contributed by atoms with E-state index in [0.29, 0.717) is 11.5 Å². The number of nitrogens with zero attached hydrogens (tertiary/aromatic N) is 2. The van der Waals surface area contributed by atoms with Gasteiger partial charge in [0.15, 0.2) is 11.5 Å². The normalized spacial score (nSPS) is 11.2. The predicted molar refractivity (Wildman–Crippen MR) is 170 cm³/mol. The number of fused-ring (bicyclic) bond motifs is 3. The lowest BCUT2D eigenvalue weighted by molar-refractivity contribution is 0.356. The van der Waals surface area contributed by atoms with Crippen LogP contribution in [0.1, 0.15) is 0 Å². The Morgan fingerprint density at radius 2 is 1.33 bits per heavy atom.